The maximum Gasteiger partial charge on any atom is 0.343 e. The molecule has 1 aromatic carbocycles. The lowest BCUT2D eigenvalue weighted by Crippen LogP contribution is -2.18. The van der Waals surface area contributed by atoms with Gasteiger partial charge in [-0.15, -0.1) is 0 Å². The highest BCUT2D eigenvalue weighted by molar-refractivity contribution is 5.95. The number of carbonyl (C=O) groups excluding carboxylic acids is 1. The number of esters is 1. The first-order chi connectivity index (χ1) is 9.15. The van der Waals surface area contributed by atoms with E-state index in [1.54, 1.807) is 19.1 Å². The number of hydrogen-bond donors (Lipinski definition) is 2. The van der Waals surface area contributed by atoms with Gasteiger partial charge in [-0.05, 0) is 19.1 Å². The number of nitrogens with one attached hydrogen (secondary N) is 1. The number of aromatic hydroxyl groups is 1. The molecule has 5 heteroatoms. The van der Waals surface area contributed by atoms with Crippen LogP contribution in [0.1, 0.15) is 31.1 Å². The Hall–Kier alpha value is -2.30. The molecule has 0 aliphatic carbocycles. The molecule has 0 spiro atoms. The summed E-state index contributed by atoms with van der Waals surface area (Å²) >= 11 is 0. The normalized spacial score (nSPS) is 9.63. The van der Waals surface area contributed by atoms with Gasteiger partial charge >= 0.3 is 5.97 Å². The molecule has 0 unspecified atom stereocenters. The van der Waals surface area contributed by atoms with E-state index in [1.807, 2.05) is 13.8 Å². The Morgan fingerprint density at radius 2 is 2.05 bits per heavy atom. The highest BCUT2D eigenvalue weighted by atomic mass is 16.5. The summed E-state index contributed by atoms with van der Waals surface area (Å²) < 4.78 is 4.76. The molecule has 102 valence electrons. The molecule has 2 rings (SSSR count). The van der Waals surface area contributed by atoms with Crippen molar-refractivity contribution in [1.29, 1.82) is 0 Å². The van der Waals surface area contributed by atoms with Crippen LogP contribution in [-0.2, 0) is 4.74 Å². The van der Waals surface area contributed by atoms with E-state index in [4.69, 9.17) is 4.74 Å². The van der Waals surface area contributed by atoms with Crippen molar-refractivity contribution < 1.29 is 14.6 Å². The number of aromatic nitrogens is 1. The van der Waals surface area contributed by atoms with E-state index < -0.39 is 11.4 Å². The summed E-state index contributed by atoms with van der Waals surface area (Å²) in [4.78, 5) is 26.3. The second-order valence-electron chi connectivity index (χ2n) is 3.45. The molecular formula is C14H17NO4. The van der Waals surface area contributed by atoms with Gasteiger partial charge in [0.25, 0.3) is 0 Å². The number of H-pyrrole nitrogens is 1. The topological polar surface area (TPSA) is 79.4 Å². The molecular weight excluding hydrogens is 246 g/mol. The molecule has 0 aliphatic heterocycles. The largest absolute Gasteiger partial charge is 0.507 e. The Morgan fingerprint density at radius 1 is 1.37 bits per heavy atom. The minimum Gasteiger partial charge on any atom is -0.507 e. The van der Waals surface area contributed by atoms with Crippen LogP contribution >= 0.6 is 0 Å². The van der Waals surface area contributed by atoms with E-state index in [2.05, 4.69) is 4.98 Å². The monoisotopic (exact) mass is 263 g/mol. The van der Waals surface area contributed by atoms with Gasteiger partial charge in [0.15, 0.2) is 0 Å². The van der Waals surface area contributed by atoms with Gasteiger partial charge in [0, 0.05) is 6.20 Å². The van der Waals surface area contributed by atoms with Crippen molar-refractivity contribution in [2.75, 3.05) is 6.61 Å². The van der Waals surface area contributed by atoms with Gasteiger partial charge in [-0.25, -0.2) is 4.79 Å². The Bertz CT molecular complexity index is 631. The van der Waals surface area contributed by atoms with Crippen LogP contribution in [-0.4, -0.2) is 22.7 Å². The first kappa shape index (κ1) is 14.8. The van der Waals surface area contributed by atoms with Crippen LogP contribution in [0.15, 0.2) is 29.2 Å². The molecule has 0 atom stereocenters. The van der Waals surface area contributed by atoms with Crippen LogP contribution in [0, 0.1) is 0 Å². The van der Waals surface area contributed by atoms with Gasteiger partial charge in [0.1, 0.15) is 11.3 Å². The molecule has 0 amide bonds. The number of carbonyl (C=O) groups is 1. The summed E-state index contributed by atoms with van der Waals surface area (Å²) in [6.45, 7) is 5.85. The molecule has 0 saturated carbocycles. The molecule has 2 aromatic rings. The SMILES string of the molecule is CC.CCOC(=O)c1c[nH]c2cccc(O)c2c1=O. The number of rotatable bonds is 2. The second kappa shape index (κ2) is 6.58. The number of aromatic amines is 1. The maximum absolute atomic E-state index is 12.0. The number of fused-ring (bicyclic) bond motifs is 1. The Kier molecular flexibility index (Phi) is 5.11. The lowest BCUT2D eigenvalue weighted by Gasteiger charge is -2.04. The van der Waals surface area contributed by atoms with E-state index in [1.165, 1.54) is 12.3 Å². The zero-order valence-corrected chi connectivity index (χ0v) is 11.2. The highest BCUT2D eigenvalue weighted by Gasteiger charge is 2.15. The van der Waals surface area contributed by atoms with E-state index in [0.29, 0.717) is 5.52 Å². The van der Waals surface area contributed by atoms with Crippen molar-refractivity contribution in [2.24, 2.45) is 0 Å². The van der Waals surface area contributed by atoms with E-state index in [9.17, 15) is 14.7 Å². The van der Waals surface area contributed by atoms with E-state index >= 15 is 0 Å². The average Bonchev–Trinajstić information content (AvgIpc) is 2.41. The summed E-state index contributed by atoms with van der Waals surface area (Å²) in [6.07, 6.45) is 1.29. The third-order valence-corrected chi connectivity index (χ3v) is 2.38. The lowest BCUT2D eigenvalue weighted by atomic mass is 10.1. The molecule has 1 aromatic heterocycles. The quantitative estimate of drug-likeness (QED) is 0.815. The average molecular weight is 263 g/mol. The summed E-state index contributed by atoms with van der Waals surface area (Å²) in [5.74, 6) is -0.853. The fraction of sp³-hybridized carbons (Fsp3) is 0.286. The molecule has 2 N–H and O–H groups in total. The second-order valence-corrected chi connectivity index (χ2v) is 3.45. The summed E-state index contributed by atoms with van der Waals surface area (Å²) in [5.41, 5.74) is -0.167. The number of ether oxygens (including phenoxy) is 1. The zero-order valence-electron chi connectivity index (χ0n) is 11.2. The number of hydrogen-bond acceptors (Lipinski definition) is 4. The van der Waals surface area contributed by atoms with Crippen molar-refractivity contribution in [1.82, 2.24) is 4.98 Å². The van der Waals surface area contributed by atoms with Crippen molar-refractivity contribution in [2.45, 2.75) is 20.8 Å². The zero-order chi connectivity index (χ0) is 14.4. The molecule has 0 bridgehead atoms. The van der Waals surface area contributed by atoms with Crippen molar-refractivity contribution in [3.63, 3.8) is 0 Å². The Balaban J connectivity index is 0.000000861. The molecule has 0 aliphatic rings. The molecule has 19 heavy (non-hydrogen) atoms. The Morgan fingerprint density at radius 3 is 2.68 bits per heavy atom. The number of pyridine rings is 1. The standard InChI is InChI=1S/C12H11NO4.C2H6/c1-2-17-12(16)7-6-13-8-4-3-5-9(14)10(8)11(7)15;1-2/h3-6,14H,2H2,1H3,(H,13,15);1-2H3. The molecule has 0 radical (unpaired) electrons. The van der Waals surface area contributed by atoms with Crippen LogP contribution < -0.4 is 5.43 Å². The van der Waals surface area contributed by atoms with Crippen LogP contribution in [0.5, 0.6) is 5.75 Å². The fourth-order valence-electron chi connectivity index (χ4n) is 1.61. The van der Waals surface area contributed by atoms with Gasteiger partial charge in [-0.1, -0.05) is 19.9 Å². The molecule has 5 nitrogen and oxygen atoms in total. The Labute approximate surface area is 110 Å². The molecule has 0 fully saturated rings. The van der Waals surface area contributed by atoms with Crippen molar-refractivity contribution >= 4 is 16.9 Å². The van der Waals surface area contributed by atoms with Crippen LogP contribution in [0.3, 0.4) is 0 Å². The first-order valence-electron chi connectivity index (χ1n) is 6.15. The van der Waals surface area contributed by atoms with E-state index in [-0.39, 0.29) is 23.3 Å². The van der Waals surface area contributed by atoms with Gasteiger partial charge in [0.2, 0.25) is 5.43 Å². The third kappa shape index (κ3) is 2.93. The summed E-state index contributed by atoms with van der Waals surface area (Å²) in [6, 6.07) is 4.65. The number of benzene rings is 1. The third-order valence-electron chi connectivity index (χ3n) is 2.38. The van der Waals surface area contributed by atoms with Crippen LogP contribution in [0.2, 0.25) is 0 Å². The van der Waals surface area contributed by atoms with E-state index in [0.717, 1.165) is 0 Å². The minimum atomic E-state index is -0.695. The smallest absolute Gasteiger partial charge is 0.343 e. The predicted octanol–water partition coefficient (Wildman–Crippen LogP) is 2.44. The van der Waals surface area contributed by atoms with Crippen LogP contribution in [0.4, 0.5) is 0 Å². The van der Waals surface area contributed by atoms with Gasteiger partial charge < -0.3 is 14.8 Å². The fourth-order valence-corrected chi connectivity index (χ4v) is 1.61. The molecule has 1 heterocycles. The van der Waals surface area contributed by atoms with Crippen LogP contribution in [0.25, 0.3) is 10.9 Å². The lowest BCUT2D eigenvalue weighted by molar-refractivity contribution is 0.0524. The number of phenols is 1. The maximum atomic E-state index is 12.0. The van der Waals surface area contributed by atoms with Crippen molar-refractivity contribution in [3.05, 3.63) is 40.2 Å². The first-order valence-corrected chi connectivity index (χ1v) is 6.15. The van der Waals surface area contributed by atoms with Gasteiger partial charge in [-0.2, -0.15) is 0 Å². The summed E-state index contributed by atoms with van der Waals surface area (Å²) in [7, 11) is 0. The van der Waals surface area contributed by atoms with Gasteiger partial charge in [0.05, 0.1) is 17.5 Å². The minimum absolute atomic E-state index is 0.0954. The predicted molar refractivity (Wildman–Crippen MR) is 73.5 cm³/mol. The summed E-state index contributed by atoms with van der Waals surface area (Å²) in [5, 5.41) is 9.71. The number of phenolic OH excluding ortho intramolecular Hbond substituents is 1. The molecule has 0 saturated heterocycles. The highest BCUT2D eigenvalue weighted by Crippen LogP contribution is 2.19. The van der Waals surface area contributed by atoms with Crippen molar-refractivity contribution in [3.8, 4) is 5.75 Å². The van der Waals surface area contributed by atoms with Gasteiger partial charge in [-0.3, -0.25) is 4.79 Å².